The lowest BCUT2D eigenvalue weighted by Crippen LogP contribution is -2.58. The topological polar surface area (TPSA) is 43.8 Å². The average molecular weight is 240 g/mol. The van der Waals surface area contributed by atoms with Crippen LogP contribution in [0.4, 0.5) is 0 Å². The lowest BCUT2D eigenvalue weighted by molar-refractivity contribution is -0.152. The van der Waals surface area contributed by atoms with E-state index in [1.54, 1.807) is 0 Å². The molecule has 2 rings (SSSR count). The van der Waals surface area contributed by atoms with E-state index < -0.39 is 11.5 Å². The van der Waals surface area contributed by atoms with Gasteiger partial charge in [-0.25, -0.2) is 0 Å². The molecule has 17 heavy (non-hydrogen) atoms. The van der Waals surface area contributed by atoms with Crippen LogP contribution in [0.15, 0.2) is 0 Å². The Hall–Kier alpha value is -0.610. The normalized spacial score (nSPS) is 36.2. The summed E-state index contributed by atoms with van der Waals surface area (Å²) in [5.74, 6) is -0.620. The van der Waals surface area contributed by atoms with Crippen LogP contribution >= 0.6 is 0 Å². The Bertz CT molecular complexity index is 295. The van der Waals surface area contributed by atoms with Gasteiger partial charge in [-0.3, -0.25) is 9.69 Å². The van der Waals surface area contributed by atoms with E-state index in [9.17, 15) is 9.90 Å². The van der Waals surface area contributed by atoms with Crippen molar-refractivity contribution in [2.75, 3.05) is 26.7 Å². The summed E-state index contributed by atoms with van der Waals surface area (Å²) >= 11 is 0. The summed E-state index contributed by atoms with van der Waals surface area (Å²) in [6, 6.07) is 0.437. The number of piperidine rings is 1. The van der Waals surface area contributed by atoms with Gasteiger partial charge in [0.05, 0.1) is 0 Å². The highest BCUT2D eigenvalue weighted by Crippen LogP contribution is 2.36. The molecule has 2 aliphatic heterocycles. The van der Waals surface area contributed by atoms with E-state index in [1.807, 2.05) is 6.92 Å². The number of carboxylic acids is 1. The third-order valence-corrected chi connectivity index (χ3v) is 4.56. The molecule has 0 aromatic rings. The Morgan fingerprint density at radius 1 is 1.41 bits per heavy atom. The Morgan fingerprint density at radius 3 is 2.76 bits per heavy atom. The molecule has 0 aromatic heterocycles. The highest BCUT2D eigenvalue weighted by Gasteiger charge is 2.49. The summed E-state index contributed by atoms with van der Waals surface area (Å²) in [6.45, 7) is 5.14. The number of carboxylic acid groups (broad SMARTS) is 1. The summed E-state index contributed by atoms with van der Waals surface area (Å²) in [5, 5.41) is 9.58. The van der Waals surface area contributed by atoms with Gasteiger partial charge >= 0.3 is 5.97 Å². The first kappa shape index (κ1) is 12.8. The summed E-state index contributed by atoms with van der Waals surface area (Å²) < 4.78 is 0. The average Bonchev–Trinajstić information content (AvgIpc) is 2.73. The van der Waals surface area contributed by atoms with Crippen molar-refractivity contribution in [2.45, 2.75) is 50.6 Å². The zero-order chi connectivity index (χ0) is 12.5. The van der Waals surface area contributed by atoms with Crippen molar-refractivity contribution in [1.29, 1.82) is 0 Å². The van der Waals surface area contributed by atoms with Crippen LogP contribution in [0.25, 0.3) is 0 Å². The summed E-state index contributed by atoms with van der Waals surface area (Å²) in [5.41, 5.74) is -0.581. The maximum absolute atomic E-state index is 11.6. The Kier molecular flexibility index (Phi) is 3.73. The van der Waals surface area contributed by atoms with Crippen LogP contribution in [0, 0.1) is 0 Å². The van der Waals surface area contributed by atoms with Gasteiger partial charge in [0.1, 0.15) is 5.54 Å². The van der Waals surface area contributed by atoms with Crippen LogP contribution in [0.1, 0.15) is 39.0 Å². The molecule has 2 heterocycles. The van der Waals surface area contributed by atoms with Crippen molar-refractivity contribution < 1.29 is 9.90 Å². The fraction of sp³-hybridized carbons (Fsp3) is 0.923. The van der Waals surface area contributed by atoms with Gasteiger partial charge in [0, 0.05) is 12.6 Å². The lowest BCUT2D eigenvalue weighted by atomic mass is 9.90. The summed E-state index contributed by atoms with van der Waals surface area (Å²) in [7, 11) is 2.14. The molecule has 2 saturated heterocycles. The molecule has 2 atom stereocenters. The van der Waals surface area contributed by atoms with E-state index in [-0.39, 0.29) is 0 Å². The fourth-order valence-electron chi connectivity index (χ4n) is 3.59. The van der Waals surface area contributed by atoms with Crippen LogP contribution in [-0.2, 0) is 4.79 Å². The van der Waals surface area contributed by atoms with E-state index in [0.29, 0.717) is 6.04 Å². The SMILES string of the molecule is CCC1(C(=O)O)CCCN1C1CCCN(C)C1. The smallest absolute Gasteiger partial charge is 0.324 e. The van der Waals surface area contributed by atoms with E-state index in [4.69, 9.17) is 0 Å². The molecule has 0 bridgehead atoms. The molecule has 2 aliphatic rings. The summed E-state index contributed by atoms with van der Waals surface area (Å²) in [4.78, 5) is 16.2. The monoisotopic (exact) mass is 240 g/mol. The highest BCUT2D eigenvalue weighted by atomic mass is 16.4. The van der Waals surface area contributed by atoms with E-state index in [2.05, 4.69) is 16.8 Å². The molecule has 0 aromatic carbocycles. The van der Waals surface area contributed by atoms with Crippen LogP contribution in [0.2, 0.25) is 0 Å². The minimum absolute atomic E-state index is 0.437. The maximum atomic E-state index is 11.6. The lowest BCUT2D eigenvalue weighted by Gasteiger charge is -2.43. The van der Waals surface area contributed by atoms with Gasteiger partial charge in [0.15, 0.2) is 0 Å². The molecule has 1 N–H and O–H groups in total. The maximum Gasteiger partial charge on any atom is 0.324 e. The molecule has 0 aliphatic carbocycles. The first-order chi connectivity index (χ1) is 8.10. The molecule has 0 saturated carbocycles. The standard InChI is InChI=1S/C13H24N2O2/c1-3-13(12(16)17)7-5-9-15(13)11-6-4-8-14(2)10-11/h11H,3-10H2,1-2H3,(H,16,17). The van der Waals surface area contributed by atoms with E-state index in [1.165, 1.54) is 6.42 Å². The number of carbonyl (C=O) groups is 1. The second-order valence-electron chi connectivity index (χ2n) is 5.55. The molecule has 2 fully saturated rings. The third-order valence-electron chi connectivity index (χ3n) is 4.56. The highest BCUT2D eigenvalue weighted by molar-refractivity contribution is 5.79. The van der Waals surface area contributed by atoms with Crippen molar-refractivity contribution in [2.24, 2.45) is 0 Å². The molecule has 2 unspecified atom stereocenters. The largest absolute Gasteiger partial charge is 0.480 e. The van der Waals surface area contributed by atoms with Crippen molar-refractivity contribution in [3.8, 4) is 0 Å². The molecule has 0 spiro atoms. The van der Waals surface area contributed by atoms with Gasteiger partial charge in [-0.05, 0) is 52.2 Å². The second kappa shape index (κ2) is 4.94. The molecule has 0 amide bonds. The number of hydrogen-bond donors (Lipinski definition) is 1. The van der Waals surface area contributed by atoms with Gasteiger partial charge < -0.3 is 10.0 Å². The number of hydrogen-bond acceptors (Lipinski definition) is 3. The Labute approximate surface area is 104 Å². The van der Waals surface area contributed by atoms with Gasteiger partial charge in [0.25, 0.3) is 0 Å². The minimum atomic E-state index is -0.620. The van der Waals surface area contributed by atoms with Crippen LogP contribution < -0.4 is 0 Å². The molecule has 4 nitrogen and oxygen atoms in total. The van der Waals surface area contributed by atoms with Gasteiger partial charge in [-0.1, -0.05) is 6.92 Å². The van der Waals surface area contributed by atoms with Gasteiger partial charge in [0.2, 0.25) is 0 Å². The van der Waals surface area contributed by atoms with Crippen molar-refractivity contribution in [1.82, 2.24) is 9.80 Å². The van der Waals surface area contributed by atoms with Crippen LogP contribution in [0.5, 0.6) is 0 Å². The molecule has 4 heteroatoms. The Morgan fingerprint density at radius 2 is 2.18 bits per heavy atom. The minimum Gasteiger partial charge on any atom is -0.480 e. The number of rotatable bonds is 3. The van der Waals surface area contributed by atoms with Gasteiger partial charge in [-0.15, -0.1) is 0 Å². The van der Waals surface area contributed by atoms with Gasteiger partial charge in [-0.2, -0.15) is 0 Å². The molecule has 0 radical (unpaired) electrons. The van der Waals surface area contributed by atoms with E-state index in [0.717, 1.165) is 45.3 Å². The number of aliphatic carboxylic acids is 1. The Balaban J connectivity index is 2.15. The first-order valence-electron chi connectivity index (χ1n) is 6.79. The predicted octanol–water partition coefficient (Wildman–Crippen LogP) is 1.41. The molecular formula is C13H24N2O2. The zero-order valence-corrected chi connectivity index (χ0v) is 11.0. The fourth-order valence-corrected chi connectivity index (χ4v) is 3.59. The summed E-state index contributed by atoms with van der Waals surface area (Å²) in [6.07, 6.45) is 4.92. The number of likely N-dealkylation sites (N-methyl/N-ethyl adjacent to an activating group) is 1. The van der Waals surface area contributed by atoms with Crippen molar-refractivity contribution in [3.63, 3.8) is 0 Å². The third kappa shape index (κ3) is 2.20. The van der Waals surface area contributed by atoms with Crippen molar-refractivity contribution in [3.05, 3.63) is 0 Å². The van der Waals surface area contributed by atoms with E-state index >= 15 is 0 Å². The van der Waals surface area contributed by atoms with Crippen molar-refractivity contribution >= 4 is 5.97 Å². The molecular weight excluding hydrogens is 216 g/mol. The van der Waals surface area contributed by atoms with Crippen LogP contribution in [0.3, 0.4) is 0 Å². The predicted molar refractivity (Wildman–Crippen MR) is 67.1 cm³/mol. The molecule has 98 valence electrons. The van der Waals surface area contributed by atoms with Crippen LogP contribution in [-0.4, -0.2) is 59.1 Å². The number of nitrogens with zero attached hydrogens (tertiary/aromatic N) is 2. The first-order valence-corrected chi connectivity index (χ1v) is 6.79. The second-order valence-corrected chi connectivity index (χ2v) is 5.55. The zero-order valence-electron chi connectivity index (χ0n) is 11.0. The quantitative estimate of drug-likeness (QED) is 0.810. The number of likely N-dealkylation sites (tertiary alicyclic amines) is 2.